The van der Waals surface area contributed by atoms with Gasteiger partial charge < -0.3 is 80.8 Å². The second-order valence-electron chi connectivity index (χ2n) is 11.2. The molecule has 0 aromatic rings. The quantitative estimate of drug-likeness (QED) is 0.0722. The average molecular weight is 784 g/mol. The molecule has 28 heteroatoms. The number of carbonyl (C=O) groups is 7. The zero-order valence-electron chi connectivity index (χ0n) is 27.9. The number of aliphatic hydroxyl groups excluding tert-OH is 3. The van der Waals surface area contributed by atoms with Gasteiger partial charge in [0.15, 0.2) is 12.2 Å². The summed E-state index contributed by atoms with van der Waals surface area (Å²) in [4.78, 5) is 94.0. The van der Waals surface area contributed by atoms with Crippen LogP contribution < -0.4 is 65.5 Å². The van der Waals surface area contributed by atoms with E-state index in [-0.39, 0.29) is 18.8 Å². The lowest BCUT2D eigenvalue weighted by Gasteiger charge is -2.33. The van der Waals surface area contributed by atoms with Crippen LogP contribution in [0.3, 0.4) is 0 Å². The third-order valence-corrected chi connectivity index (χ3v) is 6.91. The molecule has 2 aliphatic heterocycles. The Morgan fingerprint density at radius 3 is 2.09 bits per heavy atom. The minimum atomic E-state index is -4.67. The Balaban J connectivity index is 0.00000262. The lowest BCUT2D eigenvalue weighted by atomic mass is 10.0. The van der Waals surface area contributed by atoms with Crippen LogP contribution in [0.1, 0.15) is 25.7 Å². The van der Waals surface area contributed by atoms with Crippen molar-refractivity contribution in [3.63, 3.8) is 0 Å². The van der Waals surface area contributed by atoms with Crippen LogP contribution in [0.2, 0.25) is 0 Å². The molecule has 0 aromatic heterocycles. The molecule has 8 amide bonds. The Kier molecular flexibility index (Phi) is 19.0. The van der Waals surface area contributed by atoms with E-state index in [4.69, 9.17) is 40.5 Å². The molecule has 0 radical (unpaired) electrons. The summed E-state index contributed by atoms with van der Waals surface area (Å²) >= 11 is 0. The lowest BCUT2D eigenvalue weighted by molar-refractivity contribution is -0.135. The molecule has 27 nitrogen and oxygen atoms in total. The predicted octanol–water partition coefficient (Wildman–Crippen LogP) is -9.54. The first kappa shape index (κ1) is 45.8. The van der Waals surface area contributed by atoms with Crippen LogP contribution in [-0.2, 0) is 39.2 Å². The van der Waals surface area contributed by atoms with Crippen LogP contribution in [0.4, 0.5) is 4.79 Å². The maximum atomic E-state index is 13.6. The van der Waals surface area contributed by atoms with E-state index in [1.54, 1.807) is 0 Å². The highest BCUT2D eigenvalue weighted by Gasteiger charge is 2.37. The smallest absolute Gasteiger partial charge is 0.394 e. The molecule has 0 aliphatic carbocycles. The van der Waals surface area contributed by atoms with Gasteiger partial charge in [0.25, 0.3) is 5.91 Å². The fraction of sp³-hybridized carbons (Fsp3) is 0.600. The van der Waals surface area contributed by atoms with E-state index in [9.17, 15) is 48.9 Å². The highest BCUT2D eigenvalue weighted by molar-refractivity contribution is 7.79. The Hall–Kier alpha value is -5.23. The zero-order valence-corrected chi connectivity index (χ0v) is 28.7. The number of guanidine groups is 1. The van der Waals surface area contributed by atoms with Gasteiger partial charge in [0, 0.05) is 31.6 Å². The van der Waals surface area contributed by atoms with Gasteiger partial charge in [0.05, 0.1) is 19.3 Å². The SMILES string of the molecule is NCCCC(N)CC(=O)NC1CNC(=O)C(C2CC(O)N=C(N)N2)NC(=O)/C(=C/NC(N)=O)NC(=O)C(CO)NC(=O)C(CO)NC1=O.O=S(=O)(O)O. The molecule has 300 valence electrons. The summed E-state index contributed by atoms with van der Waals surface area (Å²) in [7, 11) is -4.67. The number of primary amides is 1. The molecular formula is C25H45N13O14S. The molecule has 7 atom stereocenters. The van der Waals surface area contributed by atoms with Crippen molar-refractivity contribution < 1.29 is 66.4 Å². The summed E-state index contributed by atoms with van der Waals surface area (Å²) in [5.74, 6) is -6.65. The molecule has 2 aliphatic rings. The summed E-state index contributed by atoms with van der Waals surface area (Å²) in [5, 5.41) is 47.9. The van der Waals surface area contributed by atoms with E-state index in [0.717, 1.165) is 0 Å². The first-order valence-corrected chi connectivity index (χ1v) is 16.8. The number of urea groups is 1. The van der Waals surface area contributed by atoms with E-state index >= 15 is 0 Å². The van der Waals surface area contributed by atoms with Crippen LogP contribution in [0.5, 0.6) is 0 Å². The molecule has 0 saturated carbocycles. The van der Waals surface area contributed by atoms with Gasteiger partial charge in [0.2, 0.25) is 29.5 Å². The van der Waals surface area contributed by atoms with E-state index in [1.165, 1.54) is 0 Å². The van der Waals surface area contributed by atoms with Crippen molar-refractivity contribution in [2.24, 2.45) is 27.9 Å². The van der Waals surface area contributed by atoms with Gasteiger partial charge in [-0.1, -0.05) is 0 Å². The molecule has 1 saturated heterocycles. The number of hydrogen-bond donors (Lipinski definition) is 17. The number of hydrogen-bond acceptors (Lipinski definition) is 17. The molecule has 21 N–H and O–H groups in total. The highest BCUT2D eigenvalue weighted by atomic mass is 32.3. The number of carbonyl (C=O) groups excluding carboxylic acids is 7. The van der Waals surface area contributed by atoms with Gasteiger partial charge in [-0.25, -0.2) is 9.79 Å². The lowest BCUT2D eigenvalue weighted by Crippen LogP contribution is -2.64. The Bertz CT molecular complexity index is 1500. The minimum Gasteiger partial charge on any atom is -0.394 e. The molecule has 0 spiro atoms. The van der Waals surface area contributed by atoms with Gasteiger partial charge >= 0.3 is 16.4 Å². The molecule has 2 heterocycles. The molecule has 0 aromatic carbocycles. The normalized spacial score (nSPS) is 26.1. The van der Waals surface area contributed by atoms with Crippen molar-refractivity contribution in [3.8, 4) is 0 Å². The van der Waals surface area contributed by atoms with Crippen molar-refractivity contribution >= 4 is 57.8 Å². The third kappa shape index (κ3) is 17.7. The molecule has 0 bridgehead atoms. The largest absolute Gasteiger partial charge is 0.394 e. The number of nitrogens with zero attached hydrogens (tertiary/aromatic N) is 1. The van der Waals surface area contributed by atoms with Crippen LogP contribution >= 0.6 is 0 Å². The minimum absolute atomic E-state index is 0.245. The first-order chi connectivity index (χ1) is 24.7. The topological polar surface area (TPSA) is 467 Å². The Labute approximate surface area is 301 Å². The molecule has 53 heavy (non-hydrogen) atoms. The number of aliphatic imine (C=N–C) groups is 1. The zero-order chi connectivity index (χ0) is 40.5. The second-order valence-corrected chi connectivity index (χ2v) is 12.1. The summed E-state index contributed by atoms with van der Waals surface area (Å²) in [6.45, 7) is -2.36. The van der Waals surface area contributed by atoms with Gasteiger partial charge in [-0.05, 0) is 19.4 Å². The number of rotatable bonds is 10. The van der Waals surface area contributed by atoms with E-state index in [0.29, 0.717) is 25.6 Å². The molecule has 7 unspecified atom stereocenters. The van der Waals surface area contributed by atoms with Gasteiger partial charge in [-0.15, -0.1) is 0 Å². The fourth-order valence-corrected chi connectivity index (χ4v) is 4.46. The van der Waals surface area contributed by atoms with Crippen molar-refractivity contribution in [1.29, 1.82) is 0 Å². The van der Waals surface area contributed by atoms with Crippen LogP contribution in [0.15, 0.2) is 16.9 Å². The number of nitrogens with one attached hydrogen (secondary N) is 8. The molecule has 1 fully saturated rings. The van der Waals surface area contributed by atoms with E-state index in [1.807, 2.05) is 5.32 Å². The first-order valence-electron chi connectivity index (χ1n) is 15.4. The summed E-state index contributed by atoms with van der Waals surface area (Å²) in [5.41, 5.74) is 21.5. The average Bonchev–Trinajstić information content (AvgIpc) is 3.05. The number of aliphatic hydroxyl groups is 3. The van der Waals surface area contributed by atoms with Crippen molar-refractivity contribution in [2.75, 3.05) is 26.3 Å². The molecule has 2 rings (SSSR count). The monoisotopic (exact) mass is 783 g/mol. The summed E-state index contributed by atoms with van der Waals surface area (Å²) in [6, 6.07) is -9.66. The molecular weight excluding hydrogens is 738 g/mol. The van der Waals surface area contributed by atoms with Crippen LogP contribution in [0.25, 0.3) is 0 Å². The highest BCUT2D eigenvalue weighted by Crippen LogP contribution is 2.11. The summed E-state index contributed by atoms with van der Waals surface area (Å²) in [6.07, 6.45) is -0.339. The van der Waals surface area contributed by atoms with Gasteiger partial charge in [-0.3, -0.25) is 37.9 Å². The van der Waals surface area contributed by atoms with Crippen molar-refractivity contribution in [1.82, 2.24) is 42.5 Å². The Morgan fingerprint density at radius 2 is 1.55 bits per heavy atom. The maximum Gasteiger partial charge on any atom is 0.394 e. The maximum absolute atomic E-state index is 13.6. The number of nitrogens with two attached hydrogens (primary N) is 4. The summed E-state index contributed by atoms with van der Waals surface area (Å²) < 4.78 is 31.6. The predicted molar refractivity (Wildman–Crippen MR) is 178 cm³/mol. The van der Waals surface area contributed by atoms with Crippen molar-refractivity contribution in [2.45, 2.75) is 68.2 Å². The van der Waals surface area contributed by atoms with Crippen LogP contribution in [0, 0.1) is 0 Å². The van der Waals surface area contributed by atoms with E-state index in [2.05, 4.69) is 42.2 Å². The number of amides is 8. The van der Waals surface area contributed by atoms with E-state index < -0.39 is 120 Å². The van der Waals surface area contributed by atoms with Gasteiger partial charge in [-0.2, -0.15) is 8.42 Å². The second kappa shape index (κ2) is 22.0. The van der Waals surface area contributed by atoms with Crippen molar-refractivity contribution in [3.05, 3.63) is 11.9 Å². The Morgan fingerprint density at radius 1 is 0.962 bits per heavy atom. The van der Waals surface area contributed by atoms with Gasteiger partial charge in [0.1, 0.15) is 29.9 Å². The third-order valence-electron chi connectivity index (χ3n) is 6.91. The fourth-order valence-electron chi connectivity index (χ4n) is 4.46. The standard InChI is InChI=1S/C25H43N13O10.H2O4S/c26-3-1-2-10(27)4-16(41)32-12-6-30-23(47)18(11-5-17(42)37-24(28)36-11)38-20(44)13(7-31-25(29)48)33-21(45)14(8-39)35-22(46)15(9-40)34-19(12)43;1-5(2,3)4/h7,10-12,14-15,17-18,39-40,42H,1-6,8-9,26-27H2,(H,30,47)(H,32,41)(H,33,45)(H,34,43)(H,35,46)(H,38,44)(H3,28,36,37)(H3,29,31,48);(H2,1,2,3,4)/b13-7-;. The van der Waals surface area contributed by atoms with Crippen LogP contribution in [-0.4, -0.2) is 149 Å².